The molecule has 108 valence electrons. The fourth-order valence-corrected chi connectivity index (χ4v) is 2.40. The largest absolute Gasteiger partial charge is 0.349 e. The maximum atomic E-state index is 11.7. The second kappa shape index (κ2) is 9.60. The molecule has 0 radical (unpaired) electrons. The summed E-state index contributed by atoms with van der Waals surface area (Å²) in [6.07, 6.45) is 2.29. The third-order valence-corrected chi connectivity index (χ3v) is 3.17. The van der Waals surface area contributed by atoms with Gasteiger partial charge >= 0.3 is 0 Å². The van der Waals surface area contributed by atoms with E-state index in [2.05, 4.69) is 25.2 Å². The van der Waals surface area contributed by atoms with Gasteiger partial charge in [-0.25, -0.2) is 0 Å². The normalized spacial score (nSPS) is 20.0. The molecule has 0 spiro atoms. The summed E-state index contributed by atoms with van der Waals surface area (Å²) in [4.78, 5) is 11.7. The van der Waals surface area contributed by atoms with E-state index in [1.54, 1.807) is 0 Å². The Morgan fingerprint density at radius 1 is 1.11 bits per heavy atom. The SMILES string of the molecule is CC.CC.CCCC1c2ccccc2C(=O)NC1C. The smallest absolute Gasteiger partial charge is 0.251 e. The van der Waals surface area contributed by atoms with Gasteiger partial charge in [-0.15, -0.1) is 0 Å². The summed E-state index contributed by atoms with van der Waals surface area (Å²) in [6, 6.07) is 8.21. The Hall–Kier alpha value is -1.31. The Balaban J connectivity index is 0.000000741. The molecule has 1 N–H and O–H groups in total. The van der Waals surface area contributed by atoms with Crippen LogP contribution in [0.2, 0.25) is 0 Å². The summed E-state index contributed by atoms with van der Waals surface area (Å²) >= 11 is 0. The van der Waals surface area contributed by atoms with Crippen molar-refractivity contribution in [2.45, 2.75) is 66.3 Å². The molecule has 2 nitrogen and oxygen atoms in total. The Morgan fingerprint density at radius 3 is 2.26 bits per heavy atom. The van der Waals surface area contributed by atoms with Crippen LogP contribution in [0.25, 0.3) is 0 Å². The highest BCUT2D eigenvalue weighted by Crippen LogP contribution is 2.31. The molecular formula is C17H29NO. The van der Waals surface area contributed by atoms with Crippen LogP contribution in [0.15, 0.2) is 24.3 Å². The highest BCUT2D eigenvalue weighted by Gasteiger charge is 2.29. The van der Waals surface area contributed by atoms with Gasteiger partial charge in [0.25, 0.3) is 5.91 Å². The number of carbonyl (C=O) groups excluding carboxylic acids is 1. The van der Waals surface area contributed by atoms with Crippen LogP contribution in [0.3, 0.4) is 0 Å². The number of benzene rings is 1. The van der Waals surface area contributed by atoms with Crippen LogP contribution in [-0.4, -0.2) is 11.9 Å². The first-order chi connectivity index (χ1) is 9.24. The number of rotatable bonds is 2. The first kappa shape index (κ1) is 17.7. The van der Waals surface area contributed by atoms with E-state index in [9.17, 15) is 4.79 Å². The van der Waals surface area contributed by atoms with Crippen LogP contribution in [-0.2, 0) is 0 Å². The lowest BCUT2D eigenvalue weighted by atomic mass is 9.82. The zero-order valence-electron chi connectivity index (χ0n) is 13.3. The Kier molecular flexibility index (Phi) is 8.94. The monoisotopic (exact) mass is 263 g/mol. The van der Waals surface area contributed by atoms with Crippen LogP contribution in [0.1, 0.15) is 76.2 Å². The van der Waals surface area contributed by atoms with E-state index < -0.39 is 0 Å². The molecule has 0 saturated heterocycles. The van der Waals surface area contributed by atoms with E-state index in [4.69, 9.17) is 0 Å². The number of hydrogen-bond acceptors (Lipinski definition) is 1. The van der Waals surface area contributed by atoms with Gasteiger partial charge in [0.05, 0.1) is 0 Å². The molecule has 1 amide bonds. The van der Waals surface area contributed by atoms with Gasteiger partial charge in [-0.2, -0.15) is 0 Å². The first-order valence-electron chi connectivity index (χ1n) is 7.63. The van der Waals surface area contributed by atoms with Crippen molar-refractivity contribution in [1.82, 2.24) is 5.32 Å². The van der Waals surface area contributed by atoms with Crippen LogP contribution < -0.4 is 5.32 Å². The standard InChI is InChI=1S/C13H17NO.2C2H6/c1-3-6-10-9(2)14-13(15)12-8-5-4-7-11(10)12;2*1-2/h4-5,7-10H,3,6H2,1-2H3,(H,14,15);2*1-2H3. The fourth-order valence-electron chi connectivity index (χ4n) is 2.40. The summed E-state index contributed by atoms with van der Waals surface area (Å²) in [5, 5.41) is 3.03. The van der Waals surface area contributed by atoms with Gasteiger partial charge in [0, 0.05) is 17.5 Å². The molecular weight excluding hydrogens is 234 g/mol. The van der Waals surface area contributed by atoms with Gasteiger partial charge in [0.15, 0.2) is 0 Å². The Morgan fingerprint density at radius 2 is 1.68 bits per heavy atom. The van der Waals surface area contributed by atoms with E-state index in [0.29, 0.717) is 5.92 Å². The molecule has 19 heavy (non-hydrogen) atoms. The Bertz CT molecular complexity index is 373. The summed E-state index contributed by atoms with van der Waals surface area (Å²) in [7, 11) is 0. The maximum absolute atomic E-state index is 11.7. The molecule has 2 rings (SSSR count). The van der Waals surface area contributed by atoms with Crippen LogP contribution >= 0.6 is 0 Å². The lowest BCUT2D eigenvalue weighted by Gasteiger charge is -2.31. The molecule has 0 aliphatic carbocycles. The second-order valence-electron chi connectivity index (χ2n) is 4.24. The second-order valence-corrected chi connectivity index (χ2v) is 4.24. The van der Waals surface area contributed by atoms with E-state index >= 15 is 0 Å². The van der Waals surface area contributed by atoms with Gasteiger partial charge in [-0.1, -0.05) is 59.2 Å². The van der Waals surface area contributed by atoms with Gasteiger partial charge in [-0.05, 0) is 25.0 Å². The van der Waals surface area contributed by atoms with E-state index in [-0.39, 0.29) is 11.9 Å². The molecule has 1 aliphatic heterocycles. The molecule has 0 saturated carbocycles. The van der Waals surface area contributed by atoms with Gasteiger partial charge < -0.3 is 5.32 Å². The lowest BCUT2D eigenvalue weighted by Crippen LogP contribution is -2.42. The lowest BCUT2D eigenvalue weighted by molar-refractivity contribution is 0.0918. The molecule has 1 aromatic rings. The van der Waals surface area contributed by atoms with Crippen LogP contribution in [0, 0.1) is 0 Å². The molecule has 1 heterocycles. The summed E-state index contributed by atoms with van der Waals surface area (Å²) in [5.41, 5.74) is 2.07. The topological polar surface area (TPSA) is 29.1 Å². The molecule has 2 atom stereocenters. The summed E-state index contributed by atoms with van der Waals surface area (Å²) in [6.45, 7) is 12.3. The quantitative estimate of drug-likeness (QED) is 0.819. The third-order valence-electron chi connectivity index (χ3n) is 3.17. The Labute approximate surface area is 118 Å². The fraction of sp³-hybridized carbons (Fsp3) is 0.588. The van der Waals surface area contributed by atoms with Crippen molar-refractivity contribution in [1.29, 1.82) is 0 Å². The van der Waals surface area contributed by atoms with E-state index in [0.717, 1.165) is 18.4 Å². The number of amides is 1. The highest BCUT2D eigenvalue weighted by atomic mass is 16.1. The summed E-state index contributed by atoms with van der Waals surface area (Å²) < 4.78 is 0. The molecule has 2 heteroatoms. The minimum absolute atomic E-state index is 0.0745. The zero-order valence-corrected chi connectivity index (χ0v) is 13.3. The highest BCUT2D eigenvalue weighted by molar-refractivity contribution is 5.97. The predicted molar refractivity (Wildman–Crippen MR) is 83.7 cm³/mol. The number of carbonyl (C=O) groups is 1. The molecule has 0 aromatic heterocycles. The van der Waals surface area contributed by atoms with E-state index in [1.807, 2.05) is 45.9 Å². The minimum atomic E-state index is 0.0745. The van der Waals surface area contributed by atoms with E-state index in [1.165, 1.54) is 5.56 Å². The predicted octanol–water partition coefficient (Wildman–Crippen LogP) is 4.75. The third kappa shape index (κ3) is 4.38. The maximum Gasteiger partial charge on any atom is 0.251 e. The van der Waals surface area contributed by atoms with Crippen molar-refractivity contribution in [3.63, 3.8) is 0 Å². The van der Waals surface area contributed by atoms with Gasteiger partial charge in [-0.3, -0.25) is 4.79 Å². The van der Waals surface area contributed by atoms with Crippen molar-refractivity contribution in [2.24, 2.45) is 0 Å². The van der Waals surface area contributed by atoms with Crippen molar-refractivity contribution in [2.75, 3.05) is 0 Å². The van der Waals surface area contributed by atoms with Gasteiger partial charge in [0.1, 0.15) is 0 Å². The number of nitrogens with one attached hydrogen (secondary N) is 1. The minimum Gasteiger partial charge on any atom is -0.349 e. The molecule has 2 unspecified atom stereocenters. The van der Waals surface area contributed by atoms with Crippen molar-refractivity contribution in [3.05, 3.63) is 35.4 Å². The zero-order chi connectivity index (χ0) is 14.8. The van der Waals surface area contributed by atoms with Crippen LogP contribution in [0.4, 0.5) is 0 Å². The number of fused-ring (bicyclic) bond motifs is 1. The molecule has 1 aromatic carbocycles. The molecule has 0 bridgehead atoms. The number of hydrogen-bond donors (Lipinski definition) is 1. The van der Waals surface area contributed by atoms with Crippen LogP contribution in [0.5, 0.6) is 0 Å². The summed E-state index contributed by atoms with van der Waals surface area (Å²) in [5.74, 6) is 0.550. The first-order valence-corrected chi connectivity index (χ1v) is 7.63. The molecule has 0 fully saturated rings. The van der Waals surface area contributed by atoms with Crippen molar-refractivity contribution >= 4 is 5.91 Å². The van der Waals surface area contributed by atoms with Crippen molar-refractivity contribution in [3.8, 4) is 0 Å². The average molecular weight is 263 g/mol. The average Bonchev–Trinajstić information content (AvgIpc) is 2.48. The van der Waals surface area contributed by atoms with Crippen molar-refractivity contribution < 1.29 is 4.79 Å². The molecule has 1 aliphatic rings. The van der Waals surface area contributed by atoms with Gasteiger partial charge in [0.2, 0.25) is 0 Å².